The Kier molecular flexibility index (Phi) is 4.63. The highest BCUT2D eigenvalue weighted by molar-refractivity contribution is 5.99. The Morgan fingerprint density at radius 2 is 1.95 bits per heavy atom. The van der Waals surface area contributed by atoms with Gasteiger partial charge in [0.05, 0.1) is 10.8 Å². The van der Waals surface area contributed by atoms with Crippen LogP contribution >= 0.6 is 0 Å². The summed E-state index contributed by atoms with van der Waals surface area (Å²) in [4.78, 5) is 32.6. The Labute approximate surface area is 113 Å². The Bertz CT molecular complexity index is 565. The summed E-state index contributed by atoms with van der Waals surface area (Å²) >= 11 is 0. The Hall–Kier alpha value is -2.64. The zero-order valence-electron chi connectivity index (χ0n) is 10.8. The van der Waals surface area contributed by atoms with Crippen LogP contribution in [0.4, 0.5) is 5.69 Å². The normalized spacial score (nSPS) is 10.3. The zero-order valence-corrected chi connectivity index (χ0v) is 10.8. The van der Waals surface area contributed by atoms with Crippen molar-refractivity contribution in [3.05, 3.63) is 27.8 Å². The molecule has 0 amide bonds. The number of nitro benzene ring substituents is 1. The van der Waals surface area contributed by atoms with Crippen LogP contribution in [-0.4, -0.2) is 33.5 Å². The molecule has 20 heavy (non-hydrogen) atoms. The Morgan fingerprint density at radius 1 is 1.35 bits per heavy atom. The van der Waals surface area contributed by atoms with Crippen LogP contribution in [0.25, 0.3) is 0 Å². The third-order valence-corrected chi connectivity index (χ3v) is 2.41. The van der Waals surface area contributed by atoms with Crippen molar-refractivity contribution in [2.24, 2.45) is 5.92 Å². The van der Waals surface area contributed by atoms with Crippen LogP contribution in [0.3, 0.4) is 0 Å². The quantitative estimate of drug-likeness (QED) is 0.275. The molecule has 8 nitrogen and oxygen atoms in total. The summed E-state index contributed by atoms with van der Waals surface area (Å²) in [6, 6.07) is 1.68. The maximum atomic E-state index is 11.7. The first-order chi connectivity index (χ1) is 9.23. The number of carbonyl (C=O) groups is 2. The van der Waals surface area contributed by atoms with E-state index in [0.29, 0.717) is 0 Å². The minimum Gasteiger partial charge on any atom is -0.504 e. The minimum atomic E-state index is -0.939. The van der Waals surface area contributed by atoms with Gasteiger partial charge in [-0.25, -0.2) is 0 Å². The van der Waals surface area contributed by atoms with Gasteiger partial charge in [0, 0.05) is 11.6 Å². The topological polar surface area (TPSA) is 127 Å². The van der Waals surface area contributed by atoms with E-state index < -0.39 is 46.4 Å². The van der Waals surface area contributed by atoms with Gasteiger partial charge >= 0.3 is 11.7 Å². The van der Waals surface area contributed by atoms with E-state index in [0.717, 1.165) is 12.1 Å². The molecular formula is C12H13NO7. The van der Waals surface area contributed by atoms with Gasteiger partial charge in [0.1, 0.15) is 0 Å². The van der Waals surface area contributed by atoms with Crippen molar-refractivity contribution in [2.45, 2.75) is 13.8 Å². The molecule has 0 aromatic heterocycles. The van der Waals surface area contributed by atoms with Crippen LogP contribution in [-0.2, 0) is 9.53 Å². The van der Waals surface area contributed by atoms with Gasteiger partial charge in [0.15, 0.2) is 12.4 Å². The number of nitrogens with zero attached hydrogens (tertiary/aromatic N) is 1. The highest BCUT2D eigenvalue weighted by Crippen LogP contribution is 2.36. The summed E-state index contributed by atoms with van der Waals surface area (Å²) in [5, 5.41) is 29.2. The number of carbonyl (C=O) groups excluding carboxylic acids is 2. The molecule has 0 aliphatic rings. The second kappa shape index (κ2) is 6.00. The monoisotopic (exact) mass is 283 g/mol. The van der Waals surface area contributed by atoms with Crippen molar-refractivity contribution in [1.29, 1.82) is 0 Å². The molecule has 0 saturated heterocycles. The Balaban J connectivity index is 2.94. The number of benzene rings is 1. The van der Waals surface area contributed by atoms with Crippen molar-refractivity contribution in [3.63, 3.8) is 0 Å². The number of hydrogen-bond acceptors (Lipinski definition) is 7. The van der Waals surface area contributed by atoms with Gasteiger partial charge in [-0.3, -0.25) is 19.7 Å². The van der Waals surface area contributed by atoms with Crippen molar-refractivity contribution in [1.82, 2.24) is 0 Å². The van der Waals surface area contributed by atoms with Crippen LogP contribution < -0.4 is 0 Å². The molecule has 108 valence electrons. The number of hydrogen-bond donors (Lipinski definition) is 2. The molecule has 1 aromatic rings. The number of aromatic hydroxyl groups is 2. The van der Waals surface area contributed by atoms with Gasteiger partial charge in [-0.2, -0.15) is 0 Å². The van der Waals surface area contributed by atoms with E-state index in [9.17, 15) is 29.9 Å². The van der Waals surface area contributed by atoms with E-state index in [1.54, 1.807) is 13.8 Å². The lowest BCUT2D eigenvalue weighted by atomic mass is 10.1. The smallest absolute Gasteiger partial charge is 0.315 e. The molecule has 0 spiro atoms. The predicted molar refractivity (Wildman–Crippen MR) is 66.6 cm³/mol. The molecule has 0 unspecified atom stereocenters. The first-order valence-corrected chi connectivity index (χ1v) is 5.64. The molecule has 1 aromatic carbocycles. The van der Waals surface area contributed by atoms with Crippen molar-refractivity contribution in [3.8, 4) is 11.5 Å². The summed E-state index contributed by atoms with van der Waals surface area (Å²) < 4.78 is 4.69. The van der Waals surface area contributed by atoms with E-state index in [1.165, 1.54) is 0 Å². The molecule has 0 atom stereocenters. The fourth-order valence-electron chi connectivity index (χ4n) is 1.29. The Morgan fingerprint density at radius 3 is 2.45 bits per heavy atom. The number of ether oxygens (including phenoxy) is 1. The largest absolute Gasteiger partial charge is 0.504 e. The lowest BCUT2D eigenvalue weighted by Gasteiger charge is -2.07. The number of phenols is 2. The van der Waals surface area contributed by atoms with Crippen LogP contribution in [0.15, 0.2) is 12.1 Å². The van der Waals surface area contributed by atoms with Gasteiger partial charge in [0.2, 0.25) is 11.5 Å². The lowest BCUT2D eigenvalue weighted by molar-refractivity contribution is -0.386. The van der Waals surface area contributed by atoms with E-state index in [-0.39, 0.29) is 5.56 Å². The average molecular weight is 283 g/mol. The van der Waals surface area contributed by atoms with Gasteiger partial charge in [-0.15, -0.1) is 0 Å². The molecule has 0 aliphatic heterocycles. The van der Waals surface area contributed by atoms with E-state index in [2.05, 4.69) is 4.74 Å². The molecule has 2 N–H and O–H groups in total. The summed E-state index contributed by atoms with van der Waals surface area (Å²) in [6.45, 7) is 2.58. The maximum absolute atomic E-state index is 11.7. The molecule has 8 heteroatoms. The van der Waals surface area contributed by atoms with E-state index in [1.807, 2.05) is 0 Å². The van der Waals surface area contributed by atoms with Gasteiger partial charge in [-0.05, 0) is 6.07 Å². The third kappa shape index (κ3) is 3.44. The van der Waals surface area contributed by atoms with Crippen LogP contribution in [0.1, 0.15) is 24.2 Å². The first kappa shape index (κ1) is 15.4. The first-order valence-electron chi connectivity index (χ1n) is 5.64. The molecule has 0 bridgehead atoms. The molecule has 0 aliphatic carbocycles. The fourth-order valence-corrected chi connectivity index (χ4v) is 1.29. The molecule has 0 radical (unpaired) electrons. The standard InChI is InChI=1S/C12H13NO7/c1-6(2)12(17)20-5-10(15)7-3-8(13(18)19)11(16)9(14)4-7/h3-4,6,14,16H,5H2,1-2H3. The second-order valence-corrected chi connectivity index (χ2v) is 4.31. The van der Waals surface area contributed by atoms with Gasteiger partial charge in [-0.1, -0.05) is 13.8 Å². The molecule has 0 heterocycles. The third-order valence-electron chi connectivity index (χ3n) is 2.41. The number of Topliss-reactive ketones (excluding diaryl/α,β-unsaturated/α-hetero) is 1. The van der Waals surface area contributed by atoms with Crippen molar-refractivity contribution in [2.75, 3.05) is 6.61 Å². The number of nitro groups is 1. The van der Waals surface area contributed by atoms with Crippen LogP contribution in [0, 0.1) is 16.0 Å². The number of rotatable bonds is 5. The fraction of sp³-hybridized carbons (Fsp3) is 0.333. The zero-order chi connectivity index (χ0) is 15.4. The molecule has 0 saturated carbocycles. The number of esters is 1. The van der Waals surface area contributed by atoms with Crippen LogP contribution in [0.5, 0.6) is 11.5 Å². The minimum absolute atomic E-state index is 0.233. The summed E-state index contributed by atoms with van der Waals surface area (Å²) in [5.74, 6) is -3.44. The van der Waals surface area contributed by atoms with Gasteiger partial charge < -0.3 is 14.9 Å². The highest BCUT2D eigenvalue weighted by Gasteiger charge is 2.22. The summed E-state index contributed by atoms with van der Waals surface area (Å²) in [7, 11) is 0. The van der Waals surface area contributed by atoms with Crippen molar-refractivity contribution >= 4 is 17.4 Å². The number of ketones is 1. The van der Waals surface area contributed by atoms with Gasteiger partial charge in [0.25, 0.3) is 0 Å². The molecular weight excluding hydrogens is 270 g/mol. The molecule has 0 fully saturated rings. The summed E-state index contributed by atoms with van der Waals surface area (Å²) in [6.07, 6.45) is 0. The second-order valence-electron chi connectivity index (χ2n) is 4.31. The molecule has 1 rings (SSSR count). The van der Waals surface area contributed by atoms with Crippen LogP contribution in [0.2, 0.25) is 0 Å². The van der Waals surface area contributed by atoms with E-state index >= 15 is 0 Å². The predicted octanol–water partition coefficient (Wildman–Crippen LogP) is 1.39. The average Bonchev–Trinajstić information content (AvgIpc) is 2.37. The highest BCUT2D eigenvalue weighted by atomic mass is 16.6. The maximum Gasteiger partial charge on any atom is 0.315 e. The summed E-state index contributed by atoms with van der Waals surface area (Å²) in [5.41, 5.74) is -1.04. The SMILES string of the molecule is CC(C)C(=O)OCC(=O)c1cc(O)c(O)c([N+](=O)[O-])c1. The van der Waals surface area contributed by atoms with Crippen molar-refractivity contribution < 1.29 is 29.5 Å². The number of phenolic OH excluding ortho intramolecular Hbond substituents is 2. The lowest BCUT2D eigenvalue weighted by Crippen LogP contribution is -2.17. The van der Waals surface area contributed by atoms with E-state index in [4.69, 9.17) is 0 Å².